The van der Waals surface area contributed by atoms with E-state index in [0.29, 0.717) is 18.9 Å². The van der Waals surface area contributed by atoms with Crippen LogP contribution in [0.15, 0.2) is 24.5 Å². The zero-order chi connectivity index (χ0) is 9.80. The number of nitrogens with zero attached hydrogens (tertiary/aromatic N) is 5. The van der Waals surface area contributed by atoms with E-state index in [4.69, 9.17) is 5.73 Å². The van der Waals surface area contributed by atoms with Crippen molar-refractivity contribution in [1.29, 1.82) is 0 Å². The molecule has 0 bridgehead atoms. The first kappa shape index (κ1) is 8.76. The lowest BCUT2D eigenvalue weighted by Crippen LogP contribution is -2.05. The lowest BCUT2D eigenvalue weighted by molar-refractivity contribution is 0.570. The predicted molar refractivity (Wildman–Crippen MR) is 49.0 cm³/mol. The van der Waals surface area contributed by atoms with Gasteiger partial charge < -0.3 is 5.73 Å². The van der Waals surface area contributed by atoms with Crippen molar-refractivity contribution in [1.82, 2.24) is 25.2 Å². The van der Waals surface area contributed by atoms with Gasteiger partial charge in [-0.2, -0.15) is 4.80 Å². The standard InChI is InChI=1S/C8H10N6/c9-5-8-11-13-14(12-8)6-7-1-3-10-4-2-7/h1-4H,5-6,9H2. The van der Waals surface area contributed by atoms with Gasteiger partial charge >= 0.3 is 0 Å². The lowest BCUT2D eigenvalue weighted by atomic mass is 10.3. The molecule has 0 aromatic carbocycles. The van der Waals surface area contributed by atoms with Gasteiger partial charge in [-0.1, -0.05) is 0 Å². The Bertz CT molecular complexity index is 395. The van der Waals surface area contributed by atoms with Crippen LogP contribution in [0.25, 0.3) is 0 Å². The number of pyridine rings is 1. The third-order valence-electron chi connectivity index (χ3n) is 1.75. The van der Waals surface area contributed by atoms with Gasteiger partial charge in [0.1, 0.15) is 0 Å². The minimum atomic E-state index is 0.316. The molecule has 14 heavy (non-hydrogen) atoms. The number of rotatable bonds is 3. The van der Waals surface area contributed by atoms with Gasteiger partial charge in [0.05, 0.1) is 13.1 Å². The normalized spacial score (nSPS) is 10.4. The van der Waals surface area contributed by atoms with E-state index in [2.05, 4.69) is 20.4 Å². The highest BCUT2D eigenvalue weighted by molar-refractivity contribution is 5.09. The van der Waals surface area contributed by atoms with Crippen LogP contribution in [0, 0.1) is 0 Å². The molecule has 0 saturated carbocycles. The summed E-state index contributed by atoms with van der Waals surface area (Å²) in [6.45, 7) is 0.909. The molecule has 2 aromatic rings. The molecule has 0 fully saturated rings. The molecule has 0 spiro atoms. The minimum absolute atomic E-state index is 0.316. The molecule has 2 aromatic heterocycles. The summed E-state index contributed by atoms with van der Waals surface area (Å²) in [6.07, 6.45) is 3.46. The van der Waals surface area contributed by atoms with Crippen molar-refractivity contribution in [3.8, 4) is 0 Å². The second-order valence-electron chi connectivity index (χ2n) is 2.80. The fourth-order valence-corrected chi connectivity index (χ4v) is 1.08. The molecule has 72 valence electrons. The van der Waals surface area contributed by atoms with Gasteiger partial charge in [0, 0.05) is 12.4 Å². The Morgan fingerprint density at radius 2 is 2.07 bits per heavy atom. The van der Waals surface area contributed by atoms with E-state index in [9.17, 15) is 0 Å². The van der Waals surface area contributed by atoms with Crippen LogP contribution in [-0.2, 0) is 13.1 Å². The number of aromatic nitrogens is 5. The molecule has 0 radical (unpaired) electrons. The van der Waals surface area contributed by atoms with E-state index >= 15 is 0 Å². The van der Waals surface area contributed by atoms with Gasteiger partial charge in [-0.3, -0.25) is 4.98 Å². The predicted octanol–water partition coefficient (Wildman–Crippen LogP) is -0.425. The molecule has 0 aliphatic heterocycles. The van der Waals surface area contributed by atoms with Gasteiger partial charge in [-0.25, -0.2) is 0 Å². The van der Waals surface area contributed by atoms with Crippen molar-refractivity contribution in [3.63, 3.8) is 0 Å². The average Bonchev–Trinajstić information content (AvgIpc) is 2.67. The fourth-order valence-electron chi connectivity index (χ4n) is 1.08. The summed E-state index contributed by atoms with van der Waals surface area (Å²) in [5.41, 5.74) is 6.45. The quantitative estimate of drug-likeness (QED) is 0.710. The van der Waals surface area contributed by atoms with Gasteiger partial charge in [0.25, 0.3) is 0 Å². The van der Waals surface area contributed by atoms with Crippen LogP contribution >= 0.6 is 0 Å². The maximum atomic E-state index is 5.37. The first-order valence-corrected chi connectivity index (χ1v) is 4.24. The Morgan fingerprint density at radius 3 is 2.71 bits per heavy atom. The second kappa shape index (κ2) is 3.93. The molecule has 6 nitrogen and oxygen atoms in total. The molecule has 0 aliphatic carbocycles. The highest BCUT2D eigenvalue weighted by Gasteiger charge is 2.00. The van der Waals surface area contributed by atoms with E-state index in [0.717, 1.165) is 5.56 Å². The summed E-state index contributed by atoms with van der Waals surface area (Å²) in [5.74, 6) is 0.555. The summed E-state index contributed by atoms with van der Waals surface area (Å²) in [5, 5.41) is 11.7. The number of hydrogen-bond donors (Lipinski definition) is 1. The van der Waals surface area contributed by atoms with Crippen LogP contribution in [0.4, 0.5) is 0 Å². The first-order chi connectivity index (χ1) is 6.88. The van der Waals surface area contributed by atoms with E-state index < -0.39 is 0 Å². The molecule has 2 heterocycles. The highest BCUT2D eigenvalue weighted by atomic mass is 15.6. The third kappa shape index (κ3) is 1.91. The zero-order valence-corrected chi connectivity index (χ0v) is 7.54. The van der Waals surface area contributed by atoms with Crippen molar-refractivity contribution in [2.24, 2.45) is 5.73 Å². The first-order valence-electron chi connectivity index (χ1n) is 4.24. The van der Waals surface area contributed by atoms with Crippen molar-refractivity contribution in [2.75, 3.05) is 0 Å². The van der Waals surface area contributed by atoms with Gasteiger partial charge in [-0.15, -0.1) is 10.2 Å². The molecule has 2 N–H and O–H groups in total. The summed E-state index contributed by atoms with van der Waals surface area (Å²) in [6, 6.07) is 3.82. The van der Waals surface area contributed by atoms with Crippen molar-refractivity contribution < 1.29 is 0 Å². The molecule has 0 aliphatic rings. The molecular weight excluding hydrogens is 180 g/mol. The van der Waals surface area contributed by atoms with Crippen LogP contribution in [0.2, 0.25) is 0 Å². The topological polar surface area (TPSA) is 82.5 Å². The summed E-state index contributed by atoms with van der Waals surface area (Å²) >= 11 is 0. The molecule has 2 rings (SSSR count). The smallest absolute Gasteiger partial charge is 0.188 e. The Morgan fingerprint density at radius 1 is 1.29 bits per heavy atom. The van der Waals surface area contributed by atoms with E-state index in [1.165, 1.54) is 4.80 Å². The summed E-state index contributed by atoms with van der Waals surface area (Å²) < 4.78 is 0. The monoisotopic (exact) mass is 190 g/mol. The van der Waals surface area contributed by atoms with Crippen LogP contribution in [-0.4, -0.2) is 25.2 Å². The third-order valence-corrected chi connectivity index (χ3v) is 1.75. The molecule has 6 heteroatoms. The van der Waals surface area contributed by atoms with E-state index in [1.54, 1.807) is 12.4 Å². The van der Waals surface area contributed by atoms with Gasteiger partial charge in [-0.05, 0) is 22.9 Å². The average molecular weight is 190 g/mol. The molecule has 0 saturated heterocycles. The van der Waals surface area contributed by atoms with Crippen molar-refractivity contribution >= 4 is 0 Å². The molecular formula is C8H10N6. The number of hydrogen-bond acceptors (Lipinski definition) is 5. The Hall–Kier alpha value is -1.82. The summed E-state index contributed by atoms with van der Waals surface area (Å²) in [4.78, 5) is 5.43. The number of tetrazole rings is 1. The largest absolute Gasteiger partial charge is 0.324 e. The van der Waals surface area contributed by atoms with Crippen LogP contribution < -0.4 is 5.73 Å². The molecule has 0 atom stereocenters. The van der Waals surface area contributed by atoms with Gasteiger partial charge in [0.2, 0.25) is 0 Å². The number of nitrogens with two attached hydrogens (primary N) is 1. The lowest BCUT2D eigenvalue weighted by Gasteiger charge is -1.97. The van der Waals surface area contributed by atoms with Crippen molar-refractivity contribution in [2.45, 2.75) is 13.1 Å². The van der Waals surface area contributed by atoms with Crippen LogP contribution in [0.3, 0.4) is 0 Å². The maximum Gasteiger partial charge on any atom is 0.188 e. The Balaban J connectivity index is 2.11. The molecule has 0 unspecified atom stereocenters. The van der Waals surface area contributed by atoms with Crippen molar-refractivity contribution in [3.05, 3.63) is 35.9 Å². The second-order valence-corrected chi connectivity index (χ2v) is 2.80. The highest BCUT2D eigenvalue weighted by Crippen LogP contribution is 1.97. The zero-order valence-electron chi connectivity index (χ0n) is 7.54. The van der Waals surface area contributed by atoms with E-state index in [-0.39, 0.29) is 0 Å². The van der Waals surface area contributed by atoms with Crippen LogP contribution in [0.5, 0.6) is 0 Å². The van der Waals surface area contributed by atoms with E-state index in [1.807, 2.05) is 12.1 Å². The summed E-state index contributed by atoms with van der Waals surface area (Å²) in [7, 11) is 0. The SMILES string of the molecule is NCc1nnn(Cc2ccncc2)n1. The fraction of sp³-hybridized carbons (Fsp3) is 0.250. The Kier molecular flexibility index (Phi) is 2.46. The maximum absolute atomic E-state index is 5.37. The van der Waals surface area contributed by atoms with Crippen LogP contribution in [0.1, 0.15) is 11.4 Å². The Labute approximate surface area is 80.8 Å². The molecule has 0 amide bonds. The van der Waals surface area contributed by atoms with Gasteiger partial charge in [0.15, 0.2) is 5.82 Å². The minimum Gasteiger partial charge on any atom is -0.324 e.